The van der Waals surface area contributed by atoms with Gasteiger partial charge in [-0.15, -0.1) is 0 Å². The molecule has 0 bridgehead atoms. The first kappa shape index (κ1) is 19.5. The van der Waals surface area contributed by atoms with E-state index in [0.717, 1.165) is 27.6 Å². The van der Waals surface area contributed by atoms with Crippen LogP contribution in [-0.2, 0) is 22.7 Å². The van der Waals surface area contributed by atoms with Crippen molar-refractivity contribution >= 4 is 17.8 Å². The van der Waals surface area contributed by atoms with Crippen LogP contribution in [0.1, 0.15) is 33.7 Å². The van der Waals surface area contributed by atoms with E-state index in [1.807, 2.05) is 36.4 Å². The van der Waals surface area contributed by atoms with Crippen LogP contribution in [0, 0.1) is 25.7 Å². The van der Waals surface area contributed by atoms with Crippen molar-refractivity contribution in [3.05, 3.63) is 70.2 Å². The summed E-state index contributed by atoms with van der Waals surface area (Å²) in [7, 11) is 1.65. The molecule has 0 saturated carbocycles. The monoisotopic (exact) mass is 407 g/mol. The number of aryl methyl sites for hydroxylation is 1. The quantitative estimate of drug-likeness (QED) is 0.356. The molecule has 4 rings (SSSR count). The third-order valence-corrected chi connectivity index (χ3v) is 5.67. The van der Waals surface area contributed by atoms with E-state index in [4.69, 9.17) is 14.0 Å². The van der Waals surface area contributed by atoms with Crippen LogP contribution in [-0.4, -0.2) is 24.0 Å². The lowest BCUT2D eigenvalue weighted by Gasteiger charge is -2.20. The summed E-state index contributed by atoms with van der Waals surface area (Å²) in [5.41, 5.74) is 5.07. The van der Waals surface area contributed by atoms with Gasteiger partial charge in [0, 0.05) is 24.4 Å². The molecule has 0 spiro atoms. The van der Waals surface area contributed by atoms with Gasteiger partial charge in [0.15, 0.2) is 5.82 Å². The summed E-state index contributed by atoms with van der Waals surface area (Å²) < 4.78 is 18.1. The van der Waals surface area contributed by atoms with E-state index < -0.39 is 0 Å². The SMILES string of the molecule is COCN(Sc1cccnc1C#Cc1ccc2c(c1)COC2)c1noc(C)c1C. The third kappa shape index (κ3) is 4.30. The number of methoxy groups -OCH3 is 1. The average molecular weight is 407 g/mol. The zero-order chi connectivity index (χ0) is 20.2. The average Bonchev–Trinajstić information content (AvgIpc) is 3.33. The molecule has 6 nitrogen and oxygen atoms in total. The summed E-state index contributed by atoms with van der Waals surface area (Å²) in [5.74, 6) is 7.95. The Hall–Kier alpha value is -2.79. The minimum Gasteiger partial charge on any atom is -0.372 e. The number of pyridine rings is 1. The number of ether oxygens (including phenoxy) is 2. The molecule has 3 aromatic rings. The van der Waals surface area contributed by atoms with E-state index in [1.54, 1.807) is 13.3 Å². The summed E-state index contributed by atoms with van der Waals surface area (Å²) in [4.78, 5) is 5.39. The van der Waals surface area contributed by atoms with Gasteiger partial charge in [0.25, 0.3) is 0 Å². The fraction of sp³-hybridized carbons (Fsp3) is 0.273. The van der Waals surface area contributed by atoms with Crippen LogP contribution in [0.15, 0.2) is 45.9 Å². The van der Waals surface area contributed by atoms with Crippen LogP contribution < -0.4 is 4.31 Å². The van der Waals surface area contributed by atoms with Crippen molar-refractivity contribution in [2.24, 2.45) is 0 Å². The molecule has 3 heterocycles. The largest absolute Gasteiger partial charge is 0.372 e. The molecular weight excluding hydrogens is 386 g/mol. The fourth-order valence-corrected chi connectivity index (χ4v) is 3.93. The van der Waals surface area contributed by atoms with Gasteiger partial charge in [0.05, 0.1) is 18.1 Å². The minimum absolute atomic E-state index is 0.351. The summed E-state index contributed by atoms with van der Waals surface area (Å²) in [6.45, 7) is 5.55. The second-order valence-electron chi connectivity index (χ2n) is 6.65. The standard InChI is InChI=1S/C22H21N3O3S/c1-15-16(2)28-24-22(15)25(14-26-3)29-21-5-4-10-23-20(21)9-7-17-6-8-18-12-27-13-19(18)11-17/h4-6,8,10-11H,12-14H2,1-3H3. The summed E-state index contributed by atoms with van der Waals surface area (Å²) >= 11 is 1.48. The van der Waals surface area contributed by atoms with Crippen LogP contribution in [0.4, 0.5) is 5.82 Å². The predicted octanol–water partition coefficient (Wildman–Crippen LogP) is 4.23. The van der Waals surface area contributed by atoms with E-state index in [0.29, 0.717) is 25.6 Å². The van der Waals surface area contributed by atoms with E-state index in [-0.39, 0.29) is 0 Å². The van der Waals surface area contributed by atoms with Crippen LogP contribution in [0.2, 0.25) is 0 Å². The lowest BCUT2D eigenvalue weighted by molar-refractivity contribution is 0.134. The van der Waals surface area contributed by atoms with Crippen LogP contribution >= 0.6 is 11.9 Å². The molecule has 0 N–H and O–H groups in total. The van der Waals surface area contributed by atoms with Gasteiger partial charge in [-0.3, -0.25) is 4.31 Å². The van der Waals surface area contributed by atoms with Crippen LogP contribution in [0.25, 0.3) is 0 Å². The highest BCUT2D eigenvalue weighted by Crippen LogP contribution is 2.32. The number of anilines is 1. The van der Waals surface area contributed by atoms with Crippen molar-refractivity contribution < 1.29 is 14.0 Å². The molecule has 0 amide bonds. The number of rotatable bonds is 5. The molecule has 7 heteroatoms. The number of hydrogen-bond acceptors (Lipinski definition) is 7. The van der Waals surface area contributed by atoms with Crippen molar-refractivity contribution in [2.45, 2.75) is 32.0 Å². The third-order valence-electron chi connectivity index (χ3n) is 4.64. The van der Waals surface area contributed by atoms with Gasteiger partial charge >= 0.3 is 0 Å². The topological polar surface area (TPSA) is 60.6 Å². The smallest absolute Gasteiger partial charge is 0.187 e. The van der Waals surface area contributed by atoms with E-state index in [1.165, 1.54) is 23.1 Å². The Balaban J connectivity index is 1.60. The number of benzene rings is 1. The summed E-state index contributed by atoms with van der Waals surface area (Å²) in [5, 5.41) is 4.17. The Labute approximate surface area is 174 Å². The van der Waals surface area contributed by atoms with Crippen LogP contribution in [0.3, 0.4) is 0 Å². The maximum Gasteiger partial charge on any atom is 0.187 e. The van der Waals surface area contributed by atoms with Crippen molar-refractivity contribution in [1.29, 1.82) is 0 Å². The minimum atomic E-state index is 0.351. The molecule has 0 radical (unpaired) electrons. The van der Waals surface area contributed by atoms with Gasteiger partial charge in [-0.2, -0.15) is 0 Å². The molecule has 29 heavy (non-hydrogen) atoms. The Morgan fingerprint density at radius 1 is 1.17 bits per heavy atom. The van der Waals surface area contributed by atoms with Crippen molar-refractivity contribution in [1.82, 2.24) is 10.1 Å². The maximum atomic E-state index is 5.48. The van der Waals surface area contributed by atoms with Crippen LogP contribution in [0.5, 0.6) is 0 Å². The van der Waals surface area contributed by atoms with Gasteiger partial charge in [-0.25, -0.2) is 4.98 Å². The van der Waals surface area contributed by atoms with Crippen molar-refractivity contribution in [3.8, 4) is 11.8 Å². The van der Waals surface area contributed by atoms with Gasteiger partial charge in [-0.05, 0) is 67.1 Å². The second kappa shape index (κ2) is 8.70. The highest BCUT2D eigenvalue weighted by Gasteiger charge is 2.19. The molecule has 0 atom stereocenters. The van der Waals surface area contributed by atoms with Gasteiger partial charge < -0.3 is 14.0 Å². The fourth-order valence-electron chi connectivity index (χ4n) is 2.94. The molecule has 0 fully saturated rings. The molecule has 1 aromatic carbocycles. The Kier molecular flexibility index (Phi) is 5.86. The molecular formula is C22H21N3O3S. The lowest BCUT2D eigenvalue weighted by Crippen LogP contribution is -2.18. The number of fused-ring (bicyclic) bond motifs is 1. The molecule has 0 aliphatic carbocycles. The normalized spacial score (nSPS) is 12.4. The zero-order valence-electron chi connectivity index (χ0n) is 16.6. The Morgan fingerprint density at radius 3 is 2.83 bits per heavy atom. The highest BCUT2D eigenvalue weighted by molar-refractivity contribution is 8.00. The number of hydrogen-bond donors (Lipinski definition) is 0. The molecule has 0 unspecified atom stereocenters. The molecule has 148 valence electrons. The first-order chi connectivity index (χ1) is 14.2. The van der Waals surface area contributed by atoms with Crippen molar-refractivity contribution in [2.75, 3.05) is 18.1 Å². The number of aromatic nitrogens is 2. The first-order valence-corrected chi connectivity index (χ1v) is 9.97. The Bertz CT molecular complexity index is 1080. The maximum absolute atomic E-state index is 5.48. The van der Waals surface area contributed by atoms with E-state index >= 15 is 0 Å². The predicted molar refractivity (Wildman–Crippen MR) is 111 cm³/mol. The zero-order valence-corrected chi connectivity index (χ0v) is 17.4. The van der Waals surface area contributed by atoms with Gasteiger partial charge in [0.1, 0.15) is 18.2 Å². The Morgan fingerprint density at radius 2 is 2.03 bits per heavy atom. The van der Waals surface area contributed by atoms with E-state index in [9.17, 15) is 0 Å². The van der Waals surface area contributed by atoms with Crippen molar-refractivity contribution in [3.63, 3.8) is 0 Å². The molecule has 0 saturated heterocycles. The first-order valence-electron chi connectivity index (χ1n) is 9.19. The molecule has 1 aliphatic heterocycles. The highest BCUT2D eigenvalue weighted by atomic mass is 32.2. The van der Waals surface area contributed by atoms with E-state index in [2.05, 4.69) is 34.1 Å². The summed E-state index contributed by atoms with van der Waals surface area (Å²) in [6, 6.07) is 10.1. The van der Waals surface area contributed by atoms with Gasteiger partial charge in [0.2, 0.25) is 0 Å². The molecule has 2 aromatic heterocycles. The number of nitrogens with zero attached hydrogens (tertiary/aromatic N) is 3. The molecule has 1 aliphatic rings. The second-order valence-corrected chi connectivity index (χ2v) is 7.71. The lowest BCUT2D eigenvalue weighted by atomic mass is 10.1. The summed E-state index contributed by atoms with van der Waals surface area (Å²) in [6.07, 6.45) is 1.75. The van der Waals surface area contributed by atoms with Gasteiger partial charge in [-0.1, -0.05) is 17.1 Å².